The highest BCUT2D eigenvalue weighted by molar-refractivity contribution is 5.81. The lowest BCUT2D eigenvalue weighted by Gasteiger charge is -2.34. The number of nitrogens with two attached hydrogens (primary N) is 1. The van der Waals surface area contributed by atoms with Gasteiger partial charge in [-0.25, -0.2) is 4.89 Å². The van der Waals surface area contributed by atoms with Crippen LogP contribution in [0.5, 0.6) is 0 Å². The van der Waals surface area contributed by atoms with E-state index in [9.17, 15) is 0 Å². The molecule has 2 N–H and O–H groups in total. The average Bonchev–Trinajstić information content (AvgIpc) is 2.45. The number of hydrazone groups is 1. The summed E-state index contributed by atoms with van der Waals surface area (Å²) in [6.45, 7) is 7.62. The summed E-state index contributed by atoms with van der Waals surface area (Å²) in [5.74, 6) is 5.77. The van der Waals surface area contributed by atoms with Gasteiger partial charge >= 0.3 is 0 Å². The first-order chi connectivity index (χ1) is 9.98. The zero-order chi connectivity index (χ0) is 15.7. The van der Waals surface area contributed by atoms with Gasteiger partial charge in [0.15, 0.2) is 0 Å². The Morgan fingerprint density at radius 1 is 1.48 bits per heavy atom. The van der Waals surface area contributed by atoms with E-state index < -0.39 is 5.60 Å². The van der Waals surface area contributed by atoms with E-state index in [1.807, 2.05) is 20.8 Å². The number of ether oxygens (including phenoxy) is 2. The largest absolute Gasteiger partial charge is 0.478 e. The Labute approximate surface area is 125 Å². The molecule has 1 heterocycles. The van der Waals surface area contributed by atoms with E-state index in [4.69, 9.17) is 25.2 Å². The van der Waals surface area contributed by atoms with Gasteiger partial charge < -0.3 is 20.3 Å². The molecule has 0 aromatic carbocycles. The van der Waals surface area contributed by atoms with Crippen molar-refractivity contribution in [2.45, 2.75) is 38.8 Å². The van der Waals surface area contributed by atoms with Crippen LogP contribution < -0.4 is 5.84 Å². The molecule has 21 heavy (non-hydrogen) atoms. The molecule has 0 aromatic rings. The van der Waals surface area contributed by atoms with E-state index in [1.165, 1.54) is 0 Å². The van der Waals surface area contributed by atoms with Gasteiger partial charge in [0.25, 0.3) is 0 Å². The second-order valence-electron chi connectivity index (χ2n) is 5.55. The fourth-order valence-electron chi connectivity index (χ4n) is 1.60. The summed E-state index contributed by atoms with van der Waals surface area (Å²) in [4.78, 5) is 14.6. The monoisotopic (exact) mass is 302 g/mol. The maximum absolute atomic E-state index is 5.57. The maximum atomic E-state index is 5.57. The summed E-state index contributed by atoms with van der Waals surface area (Å²) in [7, 11) is 1.71. The van der Waals surface area contributed by atoms with E-state index >= 15 is 0 Å². The fourth-order valence-corrected chi connectivity index (χ4v) is 1.60. The predicted octanol–water partition coefficient (Wildman–Crippen LogP) is 0.728. The summed E-state index contributed by atoms with van der Waals surface area (Å²) in [5, 5.41) is 5.33. The number of hydrogen-bond donors (Lipinski definition) is 1. The van der Waals surface area contributed by atoms with Crippen LogP contribution in [-0.2, 0) is 19.3 Å². The van der Waals surface area contributed by atoms with Gasteiger partial charge in [-0.2, -0.15) is 0 Å². The number of hydroxylamine groups is 2. The molecule has 1 unspecified atom stereocenters. The van der Waals surface area contributed by atoms with E-state index in [2.05, 4.69) is 10.1 Å². The standard InChI is InChI=1S/C13H26N4O4/c1-13(2,3)20-21-17-7-9-18-10-11(17)12(16-14)19-8-5-6-15-4/h6,11H,5,7-10,14H2,1-4H3/b15-6?,16-12-. The number of rotatable bonds is 6. The highest BCUT2D eigenvalue weighted by Gasteiger charge is 2.32. The minimum atomic E-state index is -0.415. The Morgan fingerprint density at radius 2 is 2.24 bits per heavy atom. The van der Waals surface area contributed by atoms with Crippen LogP contribution in [0.3, 0.4) is 0 Å². The number of nitrogens with zero attached hydrogens (tertiary/aromatic N) is 3. The molecule has 0 bridgehead atoms. The van der Waals surface area contributed by atoms with E-state index in [1.54, 1.807) is 18.3 Å². The first-order valence-electron chi connectivity index (χ1n) is 6.99. The average molecular weight is 302 g/mol. The van der Waals surface area contributed by atoms with Gasteiger partial charge in [0, 0.05) is 19.7 Å². The van der Waals surface area contributed by atoms with Crippen molar-refractivity contribution in [3.05, 3.63) is 0 Å². The molecule has 0 spiro atoms. The molecule has 0 radical (unpaired) electrons. The smallest absolute Gasteiger partial charge is 0.228 e. The second-order valence-corrected chi connectivity index (χ2v) is 5.55. The second kappa shape index (κ2) is 8.93. The van der Waals surface area contributed by atoms with Crippen molar-refractivity contribution in [1.29, 1.82) is 0 Å². The minimum Gasteiger partial charge on any atom is -0.478 e. The molecule has 1 saturated heterocycles. The van der Waals surface area contributed by atoms with Crippen molar-refractivity contribution in [2.24, 2.45) is 15.9 Å². The normalized spacial score (nSPS) is 21.9. The van der Waals surface area contributed by atoms with Crippen molar-refractivity contribution in [2.75, 3.05) is 33.4 Å². The first-order valence-corrected chi connectivity index (χ1v) is 6.99. The molecular weight excluding hydrogens is 276 g/mol. The Hall–Kier alpha value is -1.22. The molecule has 0 aromatic heterocycles. The van der Waals surface area contributed by atoms with Gasteiger partial charge in [0.1, 0.15) is 6.04 Å². The number of morpholine rings is 1. The lowest BCUT2D eigenvalue weighted by Crippen LogP contribution is -2.51. The molecule has 0 amide bonds. The molecular formula is C13H26N4O4. The summed E-state index contributed by atoms with van der Waals surface area (Å²) >= 11 is 0. The molecule has 1 aliphatic heterocycles. The van der Waals surface area contributed by atoms with Crippen molar-refractivity contribution in [3.63, 3.8) is 0 Å². The topological polar surface area (TPSA) is 90.9 Å². The highest BCUT2D eigenvalue weighted by Crippen LogP contribution is 2.15. The molecule has 1 aliphatic rings. The highest BCUT2D eigenvalue weighted by atomic mass is 17.3. The van der Waals surface area contributed by atoms with Gasteiger partial charge in [-0.15, -0.1) is 15.2 Å². The molecule has 122 valence electrons. The Kier molecular flexibility index (Phi) is 7.58. The lowest BCUT2D eigenvalue weighted by atomic mass is 10.2. The third-order valence-corrected chi connectivity index (χ3v) is 2.55. The van der Waals surface area contributed by atoms with Crippen LogP contribution in [0.1, 0.15) is 27.2 Å². The van der Waals surface area contributed by atoms with E-state index in [0.717, 1.165) is 0 Å². The first kappa shape index (κ1) is 17.8. The third-order valence-electron chi connectivity index (χ3n) is 2.55. The molecule has 0 aliphatic carbocycles. The zero-order valence-electron chi connectivity index (χ0n) is 13.2. The zero-order valence-corrected chi connectivity index (χ0v) is 13.2. The Morgan fingerprint density at radius 3 is 2.86 bits per heavy atom. The molecule has 1 atom stereocenters. The van der Waals surface area contributed by atoms with E-state index in [-0.39, 0.29) is 6.04 Å². The minimum absolute atomic E-state index is 0.329. The molecule has 0 saturated carbocycles. The maximum Gasteiger partial charge on any atom is 0.228 e. The third kappa shape index (κ3) is 6.85. The lowest BCUT2D eigenvalue weighted by molar-refractivity contribution is -0.472. The summed E-state index contributed by atoms with van der Waals surface area (Å²) < 4.78 is 11.0. The van der Waals surface area contributed by atoms with Crippen LogP contribution in [0.4, 0.5) is 0 Å². The summed E-state index contributed by atoms with van der Waals surface area (Å²) in [6, 6.07) is -0.329. The Balaban J connectivity index is 2.56. The van der Waals surface area contributed by atoms with Crippen molar-refractivity contribution in [1.82, 2.24) is 5.06 Å². The fraction of sp³-hybridized carbons (Fsp3) is 0.846. The molecule has 8 nitrogen and oxygen atoms in total. The molecule has 8 heteroatoms. The van der Waals surface area contributed by atoms with Gasteiger partial charge in [-0.05, 0) is 20.8 Å². The predicted molar refractivity (Wildman–Crippen MR) is 79.8 cm³/mol. The van der Waals surface area contributed by atoms with Crippen LogP contribution in [-0.4, -0.2) is 62.2 Å². The van der Waals surface area contributed by atoms with Crippen molar-refractivity contribution in [3.8, 4) is 0 Å². The van der Waals surface area contributed by atoms with Crippen LogP contribution in [0, 0.1) is 0 Å². The number of hydrogen-bond acceptors (Lipinski definition) is 8. The van der Waals surface area contributed by atoms with Crippen LogP contribution in [0.15, 0.2) is 10.1 Å². The summed E-state index contributed by atoms with van der Waals surface area (Å²) in [6.07, 6.45) is 2.45. The molecule has 1 rings (SSSR count). The van der Waals surface area contributed by atoms with Crippen LogP contribution in [0.25, 0.3) is 0 Å². The van der Waals surface area contributed by atoms with E-state index in [0.29, 0.717) is 38.7 Å². The number of aliphatic imine (C=N–C) groups is 1. The van der Waals surface area contributed by atoms with Crippen LogP contribution >= 0.6 is 0 Å². The SMILES string of the molecule is CN=CCCO/C(=N\N)C1COCCN1OOC(C)(C)C. The molecule has 1 fully saturated rings. The van der Waals surface area contributed by atoms with Crippen molar-refractivity contribution < 1.29 is 19.3 Å². The Bertz CT molecular complexity index is 355. The van der Waals surface area contributed by atoms with Gasteiger partial charge in [0.2, 0.25) is 5.90 Å². The van der Waals surface area contributed by atoms with Crippen LogP contribution in [0.2, 0.25) is 0 Å². The van der Waals surface area contributed by atoms with Gasteiger partial charge in [-0.1, -0.05) is 0 Å². The van der Waals surface area contributed by atoms with Crippen molar-refractivity contribution >= 4 is 12.1 Å². The van der Waals surface area contributed by atoms with Gasteiger partial charge in [-0.3, -0.25) is 0 Å². The summed E-state index contributed by atoms with van der Waals surface area (Å²) in [5.41, 5.74) is -0.415. The quantitative estimate of drug-likeness (QED) is 0.194. The van der Waals surface area contributed by atoms with Gasteiger partial charge in [0.05, 0.1) is 32.0 Å².